The lowest BCUT2D eigenvalue weighted by Gasteiger charge is -2.31. The van der Waals surface area contributed by atoms with Crippen molar-refractivity contribution in [3.63, 3.8) is 0 Å². The Balaban J connectivity index is 1.13. The van der Waals surface area contributed by atoms with Crippen molar-refractivity contribution >= 4 is 29.4 Å². The average molecular weight is 517 g/mol. The number of aromatic nitrogens is 1. The van der Waals surface area contributed by atoms with Gasteiger partial charge in [-0.05, 0) is 42.5 Å². The van der Waals surface area contributed by atoms with E-state index in [1.807, 2.05) is 48.5 Å². The number of para-hydroxylation sites is 1. The molecule has 2 aliphatic rings. The molecule has 0 unspecified atom stereocenters. The number of piperidine rings is 1. The van der Waals surface area contributed by atoms with Crippen molar-refractivity contribution in [2.75, 3.05) is 31.0 Å². The number of hydrogen-bond donors (Lipinski definition) is 1. The average Bonchev–Trinajstić information content (AvgIpc) is 3.41. The van der Waals surface area contributed by atoms with Gasteiger partial charge >= 0.3 is 12.0 Å². The summed E-state index contributed by atoms with van der Waals surface area (Å²) >= 11 is 1.17. The highest BCUT2D eigenvalue weighted by molar-refractivity contribution is 7.99. The molecule has 1 saturated heterocycles. The van der Waals surface area contributed by atoms with Gasteiger partial charge in [0.05, 0.1) is 17.0 Å². The maximum Gasteiger partial charge on any atom is 0.321 e. The number of likely N-dealkylation sites (tertiary alicyclic amines) is 1. The molecule has 0 saturated carbocycles. The molecule has 0 radical (unpaired) electrons. The maximum absolute atomic E-state index is 12.5. The van der Waals surface area contributed by atoms with Gasteiger partial charge in [0.15, 0.2) is 11.5 Å². The van der Waals surface area contributed by atoms with E-state index in [1.165, 1.54) is 11.8 Å². The Hall–Kier alpha value is -4.23. The molecule has 2 aliphatic heterocycles. The second kappa shape index (κ2) is 11.2. The number of carbonyl (C=O) groups is 2. The zero-order valence-electron chi connectivity index (χ0n) is 19.9. The van der Waals surface area contributed by atoms with Gasteiger partial charge in [0.2, 0.25) is 6.79 Å². The van der Waals surface area contributed by atoms with E-state index in [-0.39, 0.29) is 30.7 Å². The van der Waals surface area contributed by atoms with E-state index in [4.69, 9.17) is 14.2 Å². The van der Waals surface area contributed by atoms with Crippen LogP contribution < -0.4 is 14.8 Å². The summed E-state index contributed by atoms with van der Waals surface area (Å²) in [6, 6.07) is 20.2. The highest BCUT2D eigenvalue weighted by Gasteiger charge is 2.25. The monoisotopic (exact) mass is 516 g/mol. The van der Waals surface area contributed by atoms with E-state index in [0.717, 1.165) is 11.3 Å². The highest BCUT2D eigenvalue weighted by Crippen LogP contribution is 2.36. The summed E-state index contributed by atoms with van der Waals surface area (Å²) in [5, 5.41) is 12.8. The van der Waals surface area contributed by atoms with Crippen LogP contribution in [0, 0.1) is 11.3 Å². The number of rotatable bonds is 6. The summed E-state index contributed by atoms with van der Waals surface area (Å²) in [4.78, 5) is 31.3. The predicted molar refractivity (Wildman–Crippen MR) is 137 cm³/mol. The van der Waals surface area contributed by atoms with Crippen LogP contribution >= 0.6 is 11.8 Å². The van der Waals surface area contributed by atoms with Crippen LogP contribution in [0.2, 0.25) is 0 Å². The number of urea groups is 1. The van der Waals surface area contributed by atoms with E-state index in [2.05, 4.69) is 16.4 Å². The number of nitriles is 1. The molecular weight excluding hydrogens is 492 g/mol. The van der Waals surface area contributed by atoms with Crippen LogP contribution in [-0.2, 0) is 9.53 Å². The summed E-state index contributed by atoms with van der Waals surface area (Å²) in [6.07, 6.45) is 0.886. The smallest absolute Gasteiger partial charge is 0.321 e. The normalized spacial score (nSPS) is 14.6. The van der Waals surface area contributed by atoms with Crippen molar-refractivity contribution in [3.8, 4) is 28.8 Å². The quantitative estimate of drug-likeness (QED) is 0.371. The minimum Gasteiger partial charge on any atom is -0.462 e. The van der Waals surface area contributed by atoms with Crippen molar-refractivity contribution in [2.45, 2.75) is 24.0 Å². The summed E-state index contributed by atoms with van der Waals surface area (Å²) in [5.74, 6) is 0.972. The maximum atomic E-state index is 12.5. The van der Waals surface area contributed by atoms with E-state index in [9.17, 15) is 14.9 Å². The Kier molecular flexibility index (Phi) is 7.42. The second-order valence-corrected chi connectivity index (χ2v) is 9.45. The lowest BCUT2D eigenvalue weighted by molar-refractivity contribution is -0.147. The number of nitrogens with one attached hydrogen (secondary N) is 1. The fourth-order valence-corrected chi connectivity index (χ4v) is 4.85. The van der Waals surface area contributed by atoms with Gasteiger partial charge in [-0.25, -0.2) is 9.78 Å². The fourth-order valence-electron chi connectivity index (χ4n) is 4.10. The molecule has 9 nitrogen and oxygen atoms in total. The standard InChI is InChI=1S/C27H24N4O5S/c28-15-19-6-8-22(18-7-9-23-24(14-18)35-17-34-23)30-26(19)37-16-25(32)36-21-10-12-31(13-11-21)27(33)29-20-4-2-1-3-5-20/h1-9,14,21H,10-13,16-17H2,(H,29,33). The van der Waals surface area contributed by atoms with Crippen molar-refractivity contribution in [2.24, 2.45) is 0 Å². The van der Waals surface area contributed by atoms with Gasteiger partial charge in [0.25, 0.3) is 0 Å². The van der Waals surface area contributed by atoms with Gasteiger partial charge in [-0.15, -0.1) is 0 Å². The predicted octanol–water partition coefficient (Wildman–Crippen LogP) is 4.68. The molecule has 0 aliphatic carbocycles. The summed E-state index contributed by atoms with van der Waals surface area (Å²) in [5.41, 5.74) is 2.61. The Labute approximate surface area is 218 Å². The SMILES string of the molecule is N#Cc1ccc(-c2ccc3c(c2)OCO3)nc1SCC(=O)OC1CCN(C(=O)Nc2ccccc2)CC1. The van der Waals surface area contributed by atoms with Crippen LogP contribution in [0.25, 0.3) is 11.3 Å². The molecule has 1 N–H and O–H groups in total. The molecular formula is C27H24N4O5S. The molecule has 2 aromatic carbocycles. The van der Waals surface area contributed by atoms with Crippen molar-refractivity contribution in [1.29, 1.82) is 5.26 Å². The molecule has 2 amide bonds. The van der Waals surface area contributed by atoms with Crippen molar-refractivity contribution in [1.82, 2.24) is 9.88 Å². The van der Waals surface area contributed by atoms with E-state index in [0.29, 0.717) is 53.7 Å². The third kappa shape index (κ3) is 5.95. The van der Waals surface area contributed by atoms with Crippen LogP contribution in [0.15, 0.2) is 65.7 Å². The summed E-state index contributed by atoms with van der Waals surface area (Å²) in [6.45, 7) is 1.19. The zero-order chi connectivity index (χ0) is 25.6. The van der Waals surface area contributed by atoms with Crippen LogP contribution in [0.4, 0.5) is 10.5 Å². The molecule has 1 fully saturated rings. The first-order chi connectivity index (χ1) is 18.1. The molecule has 188 valence electrons. The van der Waals surface area contributed by atoms with Gasteiger partial charge in [0.1, 0.15) is 17.2 Å². The third-order valence-electron chi connectivity index (χ3n) is 6.03. The molecule has 0 spiro atoms. The highest BCUT2D eigenvalue weighted by atomic mass is 32.2. The number of thioether (sulfide) groups is 1. The molecule has 10 heteroatoms. The van der Waals surface area contributed by atoms with Gasteiger partial charge in [-0.3, -0.25) is 4.79 Å². The minimum absolute atomic E-state index is 0.0287. The second-order valence-electron chi connectivity index (χ2n) is 8.49. The van der Waals surface area contributed by atoms with Crippen LogP contribution in [0.1, 0.15) is 18.4 Å². The van der Waals surface area contributed by atoms with Crippen molar-refractivity contribution < 1.29 is 23.8 Å². The number of hydrogen-bond acceptors (Lipinski definition) is 8. The number of carbonyl (C=O) groups excluding carboxylic acids is 2. The van der Waals surface area contributed by atoms with Gasteiger partial charge in [0, 0.05) is 37.2 Å². The Morgan fingerprint density at radius 2 is 1.86 bits per heavy atom. The topological polar surface area (TPSA) is 114 Å². The number of anilines is 1. The number of fused-ring (bicyclic) bond motifs is 1. The molecule has 5 rings (SSSR count). The Morgan fingerprint density at radius 3 is 2.65 bits per heavy atom. The van der Waals surface area contributed by atoms with Crippen molar-refractivity contribution in [3.05, 3.63) is 66.2 Å². The Bertz CT molecular complexity index is 1340. The fraction of sp³-hybridized carbons (Fsp3) is 0.259. The lowest BCUT2D eigenvalue weighted by atomic mass is 10.1. The largest absolute Gasteiger partial charge is 0.462 e. The minimum atomic E-state index is -0.378. The first kappa shape index (κ1) is 24.5. The van der Waals surface area contributed by atoms with Crippen LogP contribution in [0.5, 0.6) is 11.5 Å². The van der Waals surface area contributed by atoms with E-state index in [1.54, 1.807) is 17.0 Å². The molecule has 3 aromatic rings. The van der Waals surface area contributed by atoms with E-state index < -0.39 is 0 Å². The first-order valence-corrected chi connectivity index (χ1v) is 12.8. The van der Waals surface area contributed by atoms with Gasteiger partial charge in [-0.1, -0.05) is 30.0 Å². The third-order valence-corrected chi connectivity index (χ3v) is 6.99. The van der Waals surface area contributed by atoms with E-state index >= 15 is 0 Å². The molecule has 1 aromatic heterocycles. The summed E-state index contributed by atoms with van der Waals surface area (Å²) < 4.78 is 16.4. The summed E-state index contributed by atoms with van der Waals surface area (Å²) in [7, 11) is 0. The lowest BCUT2D eigenvalue weighted by Crippen LogP contribution is -2.43. The van der Waals surface area contributed by atoms with Crippen LogP contribution in [0.3, 0.4) is 0 Å². The van der Waals surface area contributed by atoms with Gasteiger partial charge in [-0.2, -0.15) is 5.26 Å². The zero-order valence-corrected chi connectivity index (χ0v) is 20.7. The molecule has 0 atom stereocenters. The number of esters is 1. The molecule has 3 heterocycles. The number of benzene rings is 2. The Morgan fingerprint density at radius 1 is 1.08 bits per heavy atom. The number of nitrogens with zero attached hydrogens (tertiary/aromatic N) is 3. The molecule has 0 bridgehead atoms. The number of ether oxygens (including phenoxy) is 3. The van der Waals surface area contributed by atoms with Gasteiger partial charge < -0.3 is 24.4 Å². The van der Waals surface area contributed by atoms with Crippen LogP contribution in [-0.4, -0.2) is 53.6 Å². The number of amides is 2. The number of pyridine rings is 1. The first-order valence-electron chi connectivity index (χ1n) is 11.8. The molecule has 37 heavy (non-hydrogen) atoms.